The maximum absolute atomic E-state index is 9.45. The van der Waals surface area contributed by atoms with Crippen LogP contribution >= 0.6 is 0 Å². The molecule has 1 fully saturated rings. The maximum Gasteiger partial charge on any atom is 0.0565 e. The molecule has 1 N–H and O–H groups in total. The molecular weight excluding hydrogens is 124 g/mol. The van der Waals surface area contributed by atoms with E-state index in [0.29, 0.717) is 5.92 Å². The van der Waals surface area contributed by atoms with E-state index >= 15 is 0 Å². The molecule has 3 unspecified atom stereocenters. The lowest BCUT2D eigenvalue weighted by Crippen LogP contribution is -2.15. The van der Waals surface area contributed by atoms with Crippen LogP contribution in [0.4, 0.5) is 0 Å². The Morgan fingerprint density at radius 3 is 2.30 bits per heavy atom. The lowest BCUT2D eigenvalue weighted by Gasteiger charge is -2.13. The van der Waals surface area contributed by atoms with Gasteiger partial charge in [0.2, 0.25) is 0 Å². The van der Waals surface area contributed by atoms with Gasteiger partial charge in [0, 0.05) is 0 Å². The van der Waals surface area contributed by atoms with Crippen molar-refractivity contribution in [2.24, 2.45) is 17.8 Å². The van der Waals surface area contributed by atoms with Crippen LogP contribution in [0.2, 0.25) is 0 Å². The van der Waals surface area contributed by atoms with E-state index in [-0.39, 0.29) is 6.10 Å². The van der Waals surface area contributed by atoms with Crippen LogP contribution in [0.3, 0.4) is 0 Å². The Balaban J connectivity index is 2.13. The first-order valence-electron chi connectivity index (χ1n) is 4.29. The van der Waals surface area contributed by atoms with Crippen LogP contribution in [0.5, 0.6) is 0 Å². The molecule has 0 bridgehead atoms. The highest BCUT2D eigenvalue weighted by Gasteiger charge is 2.34. The summed E-state index contributed by atoms with van der Waals surface area (Å²) in [5, 5.41) is 9.45. The van der Waals surface area contributed by atoms with Crippen molar-refractivity contribution in [2.75, 3.05) is 0 Å². The maximum atomic E-state index is 9.45. The number of hydrogen-bond donors (Lipinski definition) is 1. The van der Waals surface area contributed by atoms with Gasteiger partial charge >= 0.3 is 0 Å². The Bertz CT molecular complexity index is 109. The van der Waals surface area contributed by atoms with E-state index in [4.69, 9.17) is 0 Å². The Hall–Kier alpha value is -0.0400. The van der Waals surface area contributed by atoms with Gasteiger partial charge in [0.1, 0.15) is 0 Å². The van der Waals surface area contributed by atoms with Crippen LogP contribution < -0.4 is 0 Å². The van der Waals surface area contributed by atoms with Gasteiger partial charge in [-0.1, -0.05) is 20.8 Å². The van der Waals surface area contributed by atoms with Gasteiger partial charge in [-0.15, -0.1) is 0 Å². The minimum absolute atomic E-state index is 0.0602. The minimum Gasteiger partial charge on any atom is -0.393 e. The summed E-state index contributed by atoms with van der Waals surface area (Å²) in [7, 11) is 0. The van der Waals surface area contributed by atoms with E-state index < -0.39 is 0 Å². The summed E-state index contributed by atoms with van der Waals surface area (Å²) in [6, 6.07) is 0. The Morgan fingerprint density at radius 1 is 1.50 bits per heavy atom. The molecule has 0 aliphatic heterocycles. The number of rotatable bonds is 3. The molecule has 0 saturated heterocycles. The first-order valence-corrected chi connectivity index (χ1v) is 4.29. The number of aliphatic hydroxyl groups is 1. The zero-order valence-corrected chi connectivity index (χ0v) is 7.17. The topological polar surface area (TPSA) is 20.2 Å². The summed E-state index contributed by atoms with van der Waals surface area (Å²) < 4.78 is 0. The standard InChI is InChI=1S/C9H18O/c1-6(2)9(10)5-8-4-7(8)3/h6-10H,4-5H2,1-3H3. The quantitative estimate of drug-likeness (QED) is 0.639. The predicted molar refractivity (Wildman–Crippen MR) is 42.7 cm³/mol. The first kappa shape index (κ1) is 8.06. The summed E-state index contributed by atoms with van der Waals surface area (Å²) in [5.74, 6) is 2.15. The number of aliphatic hydroxyl groups excluding tert-OH is 1. The first-order chi connectivity index (χ1) is 4.61. The van der Waals surface area contributed by atoms with E-state index in [2.05, 4.69) is 20.8 Å². The smallest absolute Gasteiger partial charge is 0.0565 e. The largest absolute Gasteiger partial charge is 0.393 e. The molecular formula is C9H18O. The monoisotopic (exact) mass is 142 g/mol. The highest BCUT2D eigenvalue weighted by atomic mass is 16.3. The molecule has 0 aromatic carbocycles. The molecule has 3 atom stereocenters. The van der Waals surface area contributed by atoms with Crippen molar-refractivity contribution in [3.05, 3.63) is 0 Å². The molecule has 1 aliphatic carbocycles. The Labute approximate surface area is 63.4 Å². The second-order valence-electron chi connectivity index (χ2n) is 4.02. The molecule has 1 heteroatoms. The summed E-state index contributed by atoms with van der Waals surface area (Å²) in [4.78, 5) is 0. The third-order valence-corrected chi connectivity index (χ3v) is 2.59. The third-order valence-electron chi connectivity index (χ3n) is 2.59. The zero-order valence-electron chi connectivity index (χ0n) is 7.17. The van der Waals surface area contributed by atoms with Gasteiger partial charge in [0.05, 0.1) is 6.10 Å². The van der Waals surface area contributed by atoms with Gasteiger partial charge in [-0.05, 0) is 30.6 Å². The molecule has 1 rings (SSSR count). The summed E-state index contributed by atoms with van der Waals surface area (Å²) in [6.45, 7) is 6.42. The van der Waals surface area contributed by atoms with Gasteiger partial charge in [-0.25, -0.2) is 0 Å². The van der Waals surface area contributed by atoms with Gasteiger partial charge in [-0.2, -0.15) is 0 Å². The SMILES string of the molecule is CC(C)C(O)CC1CC1C. The van der Waals surface area contributed by atoms with Crippen LogP contribution in [-0.4, -0.2) is 11.2 Å². The molecule has 0 amide bonds. The lowest BCUT2D eigenvalue weighted by atomic mass is 10.0. The fourth-order valence-corrected chi connectivity index (χ4v) is 1.31. The molecule has 0 aromatic rings. The average molecular weight is 142 g/mol. The molecule has 60 valence electrons. The van der Waals surface area contributed by atoms with Crippen molar-refractivity contribution in [3.63, 3.8) is 0 Å². The lowest BCUT2D eigenvalue weighted by molar-refractivity contribution is 0.109. The summed E-state index contributed by atoms with van der Waals surface area (Å²) >= 11 is 0. The van der Waals surface area contributed by atoms with E-state index in [1.807, 2.05) is 0 Å². The van der Waals surface area contributed by atoms with Crippen molar-refractivity contribution < 1.29 is 5.11 Å². The van der Waals surface area contributed by atoms with Crippen molar-refractivity contribution in [3.8, 4) is 0 Å². The van der Waals surface area contributed by atoms with Crippen molar-refractivity contribution in [1.29, 1.82) is 0 Å². The minimum atomic E-state index is -0.0602. The van der Waals surface area contributed by atoms with Crippen molar-refractivity contribution in [2.45, 2.75) is 39.7 Å². The normalized spacial score (nSPS) is 34.5. The number of hydrogen-bond acceptors (Lipinski definition) is 1. The van der Waals surface area contributed by atoms with Crippen molar-refractivity contribution in [1.82, 2.24) is 0 Å². The van der Waals surface area contributed by atoms with Gasteiger partial charge in [0.15, 0.2) is 0 Å². The van der Waals surface area contributed by atoms with E-state index in [1.165, 1.54) is 6.42 Å². The Kier molecular flexibility index (Phi) is 2.35. The highest BCUT2D eigenvalue weighted by Crippen LogP contribution is 2.41. The van der Waals surface area contributed by atoms with E-state index in [0.717, 1.165) is 18.3 Å². The van der Waals surface area contributed by atoms with Crippen molar-refractivity contribution >= 4 is 0 Å². The fourth-order valence-electron chi connectivity index (χ4n) is 1.31. The molecule has 1 nitrogen and oxygen atoms in total. The fraction of sp³-hybridized carbons (Fsp3) is 1.00. The zero-order chi connectivity index (χ0) is 7.72. The predicted octanol–water partition coefficient (Wildman–Crippen LogP) is 2.05. The van der Waals surface area contributed by atoms with Crippen LogP contribution in [-0.2, 0) is 0 Å². The molecule has 1 saturated carbocycles. The Morgan fingerprint density at radius 2 is 2.00 bits per heavy atom. The second kappa shape index (κ2) is 2.91. The second-order valence-corrected chi connectivity index (χ2v) is 4.02. The molecule has 0 aromatic heterocycles. The van der Waals surface area contributed by atoms with Gasteiger partial charge in [-0.3, -0.25) is 0 Å². The van der Waals surface area contributed by atoms with Gasteiger partial charge < -0.3 is 5.11 Å². The third kappa shape index (κ3) is 1.98. The van der Waals surface area contributed by atoms with Crippen LogP contribution in [0, 0.1) is 17.8 Å². The molecule has 0 radical (unpaired) electrons. The van der Waals surface area contributed by atoms with Crippen LogP contribution in [0.15, 0.2) is 0 Å². The molecule has 0 spiro atoms. The van der Waals surface area contributed by atoms with Crippen LogP contribution in [0.25, 0.3) is 0 Å². The van der Waals surface area contributed by atoms with Crippen LogP contribution in [0.1, 0.15) is 33.6 Å². The molecule has 0 heterocycles. The average Bonchev–Trinajstić information content (AvgIpc) is 2.46. The molecule has 1 aliphatic rings. The summed E-state index contributed by atoms with van der Waals surface area (Å²) in [5.41, 5.74) is 0. The van der Waals surface area contributed by atoms with E-state index in [1.54, 1.807) is 0 Å². The van der Waals surface area contributed by atoms with E-state index in [9.17, 15) is 5.11 Å². The van der Waals surface area contributed by atoms with Gasteiger partial charge in [0.25, 0.3) is 0 Å². The highest BCUT2D eigenvalue weighted by molar-refractivity contribution is 4.84. The summed E-state index contributed by atoms with van der Waals surface area (Å²) in [6.07, 6.45) is 2.30. The molecule has 10 heavy (non-hydrogen) atoms.